The van der Waals surface area contributed by atoms with E-state index in [0.717, 1.165) is 25.3 Å². The number of nitrogens with one attached hydrogen (secondary N) is 1. The first-order chi connectivity index (χ1) is 9.31. The van der Waals surface area contributed by atoms with E-state index in [1.807, 2.05) is 0 Å². The van der Waals surface area contributed by atoms with Gasteiger partial charge < -0.3 is 5.73 Å². The molecule has 8 heteroatoms. The lowest BCUT2D eigenvalue weighted by Gasteiger charge is -2.29. The quantitative estimate of drug-likeness (QED) is 0.859. The summed E-state index contributed by atoms with van der Waals surface area (Å²) in [5, 5.41) is 0. The molecule has 4 nitrogen and oxygen atoms in total. The zero-order chi connectivity index (χ0) is 14.9. The number of sulfonamides is 1. The normalized spacial score (nSPS) is 23.8. The first-order valence-corrected chi connectivity index (χ1v) is 8.51. The Kier molecular flexibility index (Phi) is 4.78. The minimum Gasteiger partial charge on any atom is -0.326 e. The van der Waals surface area contributed by atoms with Crippen LogP contribution in [0.5, 0.6) is 0 Å². The molecule has 1 aliphatic rings. The lowest BCUT2D eigenvalue weighted by atomic mass is 9.92. The molecular weight excluding hydrogens is 354 g/mol. The minimum absolute atomic E-state index is 0.146. The summed E-state index contributed by atoms with van der Waals surface area (Å²) in [4.78, 5) is -0.586. The summed E-state index contributed by atoms with van der Waals surface area (Å²) < 4.78 is 53.5. The third-order valence-electron chi connectivity index (χ3n) is 3.36. The molecule has 0 aliphatic heterocycles. The molecule has 0 aromatic heterocycles. The van der Waals surface area contributed by atoms with Gasteiger partial charge in [0.05, 0.1) is 0 Å². The van der Waals surface area contributed by atoms with E-state index < -0.39 is 32.6 Å². The Morgan fingerprint density at radius 3 is 2.50 bits per heavy atom. The highest BCUT2D eigenvalue weighted by atomic mass is 79.9. The summed E-state index contributed by atoms with van der Waals surface area (Å²) in [5.41, 5.74) is 5.87. The van der Waals surface area contributed by atoms with Gasteiger partial charge >= 0.3 is 0 Å². The Hall–Kier alpha value is -0.570. The van der Waals surface area contributed by atoms with Crippen molar-refractivity contribution >= 4 is 26.0 Å². The van der Waals surface area contributed by atoms with Gasteiger partial charge in [0.1, 0.15) is 16.5 Å². The fourth-order valence-electron chi connectivity index (χ4n) is 2.35. The Balaban J connectivity index is 2.31. The van der Waals surface area contributed by atoms with E-state index in [1.54, 1.807) is 0 Å². The zero-order valence-electron chi connectivity index (χ0n) is 10.6. The van der Waals surface area contributed by atoms with Gasteiger partial charge in [0.2, 0.25) is 10.0 Å². The average Bonchev–Trinajstić information content (AvgIpc) is 2.30. The van der Waals surface area contributed by atoms with Gasteiger partial charge in [0, 0.05) is 22.6 Å². The van der Waals surface area contributed by atoms with Gasteiger partial charge in [0.15, 0.2) is 0 Å². The molecule has 112 valence electrons. The summed E-state index contributed by atoms with van der Waals surface area (Å²) in [7, 11) is -4.09. The lowest BCUT2D eigenvalue weighted by molar-refractivity contribution is 0.360. The van der Waals surface area contributed by atoms with Crippen LogP contribution in [0.25, 0.3) is 0 Å². The zero-order valence-corrected chi connectivity index (χ0v) is 13.0. The number of rotatable bonds is 3. The van der Waals surface area contributed by atoms with Crippen molar-refractivity contribution in [2.24, 2.45) is 5.73 Å². The molecule has 3 N–H and O–H groups in total. The van der Waals surface area contributed by atoms with Crippen LogP contribution in [0.3, 0.4) is 0 Å². The van der Waals surface area contributed by atoms with Crippen molar-refractivity contribution in [1.82, 2.24) is 4.72 Å². The topological polar surface area (TPSA) is 72.2 Å². The Morgan fingerprint density at radius 1 is 1.25 bits per heavy atom. The number of hydrogen-bond donors (Lipinski definition) is 2. The summed E-state index contributed by atoms with van der Waals surface area (Å²) in [6.07, 6.45) is 3.16. The maximum atomic E-state index is 13.7. The molecule has 1 saturated carbocycles. The second-order valence-electron chi connectivity index (χ2n) is 4.87. The smallest absolute Gasteiger partial charge is 0.244 e. The highest BCUT2D eigenvalue weighted by molar-refractivity contribution is 9.10. The molecule has 20 heavy (non-hydrogen) atoms. The van der Waals surface area contributed by atoms with E-state index in [0.29, 0.717) is 12.5 Å². The maximum absolute atomic E-state index is 13.7. The molecule has 0 bridgehead atoms. The molecule has 1 aromatic rings. The Bertz CT molecular complexity index is 586. The summed E-state index contributed by atoms with van der Waals surface area (Å²) >= 11 is 2.88. The van der Waals surface area contributed by atoms with Crippen LogP contribution in [-0.2, 0) is 10.0 Å². The first-order valence-electron chi connectivity index (χ1n) is 6.24. The Labute approximate surface area is 124 Å². The monoisotopic (exact) mass is 368 g/mol. The van der Waals surface area contributed by atoms with Crippen LogP contribution < -0.4 is 10.5 Å². The third-order valence-corrected chi connectivity index (χ3v) is 5.81. The van der Waals surface area contributed by atoms with E-state index in [-0.39, 0.29) is 10.5 Å². The molecule has 0 radical (unpaired) electrons. The SMILES string of the molecule is N[C@@H]1CCCC[C@H]1NS(=O)(=O)c1c(F)cc(F)cc1Br. The fraction of sp³-hybridized carbons (Fsp3) is 0.500. The van der Waals surface area contributed by atoms with Gasteiger partial charge in [-0.2, -0.15) is 0 Å². The van der Waals surface area contributed by atoms with Crippen LogP contribution in [-0.4, -0.2) is 20.5 Å². The van der Waals surface area contributed by atoms with Crippen molar-refractivity contribution in [3.05, 3.63) is 28.2 Å². The van der Waals surface area contributed by atoms with Crippen molar-refractivity contribution < 1.29 is 17.2 Å². The van der Waals surface area contributed by atoms with E-state index >= 15 is 0 Å². The van der Waals surface area contributed by atoms with Crippen LogP contribution in [0, 0.1) is 11.6 Å². The van der Waals surface area contributed by atoms with Gasteiger partial charge in [-0.05, 0) is 34.8 Å². The lowest BCUT2D eigenvalue weighted by Crippen LogP contribution is -2.49. The molecule has 0 spiro atoms. The van der Waals surface area contributed by atoms with Crippen LogP contribution in [0.2, 0.25) is 0 Å². The van der Waals surface area contributed by atoms with Gasteiger partial charge in [0.25, 0.3) is 0 Å². The van der Waals surface area contributed by atoms with Crippen molar-refractivity contribution in [2.75, 3.05) is 0 Å². The molecule has 0 saturated heterocycles. The van der Waals surface area contributed by atoms with Crippen LogP contribution in [0.4, 0.5) is 8.78 Å². The predicted molar refractivity (Wildman–Crippen MR) is 74.6 cm³/mol. The predicted octanol–water partition coefficient (Wildman–Crippen LogP) is 2.28. The molecule has 0 amide bonds. The number of hydrogen-bond acceptors (Lipinski definition) is 3. The van der Waals surface area contributed by atoms with Crippen molar-refractivity contribution in [2.45, 2.75) is 42.7 Å². The molecule has 2 rings (SSSR count). The van der Waals surface area contributed by atoms with Gasteiger partial charge in [-0.1, -0.05) is 12.8 Å². The number of nitrogens with two attached hydrogens (primary N) is 1. The molecule has 1 aromatic carbocycles. The second-order valence-corrected chi connectivity index (χ2v) is 7.38. The Morgan fingerprint density at radius 2 is 1.90 bits per heavy atom. The van der Waals surface area contributed by atoms with Crippen molar-refractivity contribution in [3.63, 3.8) is 0 Å². The molecule has 1 fully saturated rings. The largest absolute Gasteiger partial charge is 0.326 e. The van der Waals surface area contributed by atoms with E-state index in [1.165, 1.54) is 0 Å². The molecule has 0 unspecified atom stereocenters. The number of benzene rings is 1. The van der Waals surface area contributed by atoms with Crippen LogP contribution >= 0.6 is 15.9 Å². The molecular formula is C12H15BrF2N2O2S. The van der Waals surface area contributed by atoms with Crippen molar-refractivity contribution in [1.29, 1.82) is 0 Å². The van der Waals surface area contributed by atoms with Gasteiger partial charge in [-0.25, -0.2) is 21.9 Å². The molecule has 2 atom stereocenters. The summed E-state index contributed by atoms with van der Waals surface area (Å²) in [5.74, 6) is -1.98. The van der Waals surface area contributed by atoms with Gasteiger partial charge in [-0.3, -0.25) is 0 Å². The fourth-order valence-corrected chi connectivity index (χ4v) is 4.84. The third kappa shape index (κ3) is 3.36. The highest BCUT2D eigenvalue weighted by Crippen LogP contribution is 2.27. The van der Waals surface area contributed by atoms with E-state index in [2.05, 4.69) is 20.7 Å². The van der Waals surface area contributed by atoms with Crippen molar-refractivity contribution in [3.8, 4) is 0 Å². The molecule has 1 aliphatic carbocycles. The van der Waals surface area contributed by atoms with Gasteiger partial charge in [-0.15, -0.1) is 0 Å². The van der Waals surface area contributed by atoms with Crippen LogP contribution in [0.15, 0.2) is 21.5 Å². The summed E-state index contributed by atoms with van der Waals surface area (Å²) in [6, 6.07) is 0.740. The summed E-state index contributed by atoms with van der Waals surface area (Å²) in [6.45, 7) is 0. The average molecular weight is 369 g/mol. The first kappa shape index (κ1) is 15.8. The minimum atomic E-state index is -4.09. The second kappa shape index (κ2) is 6.05. The van der Waals surface area contributed by atoms with E-state index in [9.17, 15) is 17.2 Å². The standard InChI is InChI=1S/C12H15BrF2N2O2S/c13-8-5-7(14)6-9(15)12(8)20(18,19)17-11-4-2-1-3-10(11)16/h5-6,10-11,17H,1-4,16H2/t10-,11-/m1/s1. The number of halogens is 3. The molecule has 0 heterocycles. The van der Waals surface area contributed by atoms with E-state index in [4.69, 9.17) is 5.73 Å². The highest BCUT2D eigenvalue weighted by Gasteiger charge is 2.30. The van der Waals surface area contributed by atoms with Crippen LogP contribution in [0.1, 0.15) is 25.7 Å². The maximum Gasteiger partial charge on any atom is 0.244 e.